The SMILES string of the molecule is NS(=O)(=O)c1ccc(-c2cc(-c3ccccc3)c3c4c(sc3n2)CCCC4)cc1. The zero-order valence-corrected chi connectivity index (χ0v) is 17.4. The number of benzene rings is 2. The third kappa shape index (κ3) is 3.37. The minimum atomic E-state index is -3.71. The number of aryl methyl sites for hydroxylation is 2. The molecule has 0 saturated heterocycles. The predicted octanol–water partition coefficient (Wildman–Crippen LogP) is 5.16. The van der Waals surface area contributed by atoms with E-state index in [0.717, 1.165) is 28.9 Å². The van der Waals surface area contributed by atoms with E-state index < -0.39 is 10.0 Å². The molecule has 5 rings (SSSR count). The molecule has 146 valence electrons. The van der Waals surface area contributed by atoms with Crippen molar-refractivity contribution in [1.29, 1.82) is 0 Å². The molecule has 4 aromatic rings. The normalized spacial score (nSPS) is 14.1. The molecule has 0 saturated carbocycles. The average Bonchev–Trinajstić information content (AvgIpc) is 3.12. The van der Waals surface area contributed by atoms with E-state index in [0.29, 0.717) is 0 Å². The van der Waals surface area contributed by atoms with Gasteiger partial charge in [0, 0.05) is 15.8 Å². The van der Waals surface area contributed by atoms with E-state index in [1.165, 1.54) is 51.9 Å². The van der Waals surface area contributed by atoms with Gasteiger partial charge in [-0.3, -0.25) is 0 Å². The lowest BCUT2D eigenvalue weighted by atomic mass is 9.92. The van der Waals surface area contributed by atoms with Crippen LogP contribution in [0.15, 0.2) is 65.6 Å². The van der Waals surface area contributed by atoms with Crippen LogP contribution >= 0.6 is 11.3 Å². The molecule has 2 aromatic heterocycles. The second-order valence-corrected chi connectivity index (χ2v) is 10.0. The fourth-order valence-corrected chi connectivity index (χ4v) is 5.87. The molecule has 0 atom stereocenters. The van der Waals surface area contributed by atoms with Crippen LogP contribution < -0.4 is 5.14 Å². The summed E-state index contributed by atoms with van der Waals surface area (Å²) in [5, 5.41) is 6.51. The Kier molecular flexibility index (Phi) is 4.50. The number of primary sulfonamides is 1. The molecule has 0 fully saturated rings. The largest absolute Gasteiger partial charge is 0.238 e. The van der Waals surface area contributed by atoms with E-state index in [4.69, 9.17) is 10.1 Å². The summed E-state index contributed by atoms with van der Waals surface area (Å²) in [6.07, 6.45) is 4.70. The van der Waals surface area contributed by atoms with E-state index >= 15 is 0 Å². The average molecular weight is 421 g/mol. The summed E-state index contributed by atoms with van der Waals surface area (Å²) in [5.74, 6) is 0. The first-order valence-corrected chi connectivity index (χ1v) is 12.0. The highest BCUT2D eigenvalue weighted by Crippen LogP contribution is 2.42. The van der Waals surface area contributed by atoms with Crippen molar-refractivity contribution in [2.75, 3.05) is 0 Å². The maximum absolute atomic E-state index is 11.6. The molecule has 0 spiro atoms. The number of aromatic nitrogens is 1. The minimum Gasteiger partial charge on any atom is -0.237 e. The summed E-state index contributed by atoms with van der Waals surface area (Å²) in [5.41, 5.74) is 5.55. The van der Waals surface area contributed by atoms with Crippen LogP contribution in [0, 0.1) is 0 Å². The van der Waals surface area contributed by atoms with Gasteiger partial charge in [0.2, 0.25) is 10.0 Å². The Hall–Kier alpha value is -2.54. The summed E-state index contributed by atoms with van der Waals surface area (Å²) >= 11 is 1.80. The molecule has 0 amide bonds. The summed E-state index contributed by atoms with van der Waals surface area (Å²) in [6, 6.07) is 19.2. The van der Waals surface area contributed by atoms with Gasteiger partial charge in [-0.05, 0) is 60.6 Å². The zero-order chi connectivity index (χ0) is 20.0. The highest BCUT2D eigenvalue weighted by Gasteiger charge is 2.21. The number of hydrogen-bond acceptors (Lipinski definition) is 4. The van der Waals surface area contributed by atoms with Crippen molar-refractivity contribution in [3.05, 3.63) is 71.1 Å². The van der Waals surface area contributed by atoms with Gasteiger partial charge in [0.05, 0.1) is 10.6 Å². The van der Waals surface area contributed by atoms with Gasteiger partial charge in [-0.15, -0.1) is 11.3 Å². The highest BCUT2D eigenvalue weighted by molar-refractivity contribution is 7.89. The van der Waals surface area contributed by atoms with Gasteiger partial charge in [0.25, 0.3) is 0 Å². The van der Waals surface area contributed by atoms with E-state index in [1.807, 2.05) is 6.07 Å². The molecule has 0 bridgehead atoms. The maximum atomic E-state index is 11.6. The number of pyridine rings is 1. The number of rotatable bonds is 3. The zero-order valence-electron chi connectivity index (χ0n) is 15.8. The lowest BCUT2D eigenvalue weighted by Gasteiger charge is -2.13. The number of hydrogen-bond donors (Lipinski definition) is 1. The molecule has 4 nitrogen and oxygen atoms in total. The first kappa shape index (κ1) is 18.5. The van der Waals surface area contributed by atoms with Crippen LogP contribution in [0.5, 0.6) is 0 Å². The standard InChI is InChI=1S/C23H20N2O2S2/c24-29(26,27)17-12-10-16(11-13-17)20-14-19(15-6-2-1-3-7-15)22-18-8-4-5-9-21(18)28-23(22)25-20/h1-3,6-7,10-14H,4-5,8-9H2,(H2,24,26,27). The van der Waals surface area contributed by atoms with E-state index in [9.17, 15) is 8.42 Å². The van der Waals surface area contributed by atoms with Gasteiger partial charge in [-0.1, -0.05) is 42.5 Å². The Balaban J connectivity index is 1.74. The van der Waals surface area contributed by atoms with Gasteiger partial charge in [0.15, 0.2) is 0 Å². The molecule has 1 aliphatic carbocycles. The molecule has 0 radical (unpaired) electrons. The van der Waals surface area contributed by atoms with Crippen molar-refractivity contribution >= 4 is 31.6 Å². The van der Waals surface area contributed by atoms with Crippen LogP contribution in [0.3, 0.4) is 0 Å². The monoisotopic (exact) mass is 420 g/mol. The van der Waals surface area contributed by atoms with Gasteiger partial charge >= 0.3 is 0 Å². The summed E-state index contributed by atoms with van der Waals surface area (Å²) < 4.78 is 23.1. The van der Waals surface area contributed by atoms with Crippen LogP contribution in [0.25, 0.3) is 32.6 Å². The number of thiophene rings is 1. The lowest BCUT2D eigenvalue weighted by molar-refractivity contribution is 0.598. The second-order valence-electron chi connectivity index (χ2n) is 7.38. The smallest absolute Gasteiger partial charge is 0.237 e. The van der Waals surface area contributed by atoms with Gasteiger partial charge in [-0.25, -0.2) is 18.5 Å². The number of sulfonamides is 1. The Morgan fingerprint density at radius 1 is 0.897 bits per heavy atom. The third-order valence-corrected chi connectivity index (χ3v) is 7.60. The van der Waals surface area contributed by atoms with Crippen LogP contribution in [0.1, 0.15) is 23.3 Å². The van der Waals surface area contributed by atoms with Gasteiger partial charge in [0.1, 0.15) is 4.83 Å². The van der Waals surface area contributed by atoms with Crippen molar-refractivity contribution < 1.29 is 8.42 Å². The molecule has 0 aliphatic heterocycles. The van der Waals surface area contributed by atoms with Gasteiger partial charge in [-0.2, -0.15) is 0 Å². The second kappa shape index (κ2) is 7.06. The van der Waals surface area contributed by atoms with Crippen LogP contribution in [0.4, 0.5) is 0 Å². The number of nitrogens with zero attached hydrogens (tertiary/aromatic N) is 1. The van der Waals surface area contributed by atoms with E-state index in [2.05, 4.69) is 30.3 Å². The molecule has 6 heteroatoms. The molecular formula is C23H20N2O2S2. The van der Waals surface area contributed by atoms with Crippen molar-refractivity contribution in [1.82, 2.24) is 4.98 Å². The Bertz CT molecular complexity index is 1310. The quantitative estimate of drug-likeness (QED) is 0.498. The van der Waals surface area contributed by atoms with Crippen LogP contribution in [0.2, 0.25) is 0 Å². The molecule has 2 aromatic carbocycles. The topological polar surface area (TPSA) is 73.1 Å². The van der Waals surface area contributed by atoms with Crippen LogP contribution in [-0.4, -0.2) is 13.4 Å². The summed E-state index contributed by atoms with van der Waals surface area (Å²) in [7, 11) is -3.71. The molecule has 0 unspecified atom stereocenters. The number of fused-ring (bicyclic) bond motifs is 3. The molecule has 2 N–H and O–H groups in total. The van der Waals surface area contributed by atoms with Crippen molar-refractivity contribution in [2.45, 2.75) is 30.6 Å². The fraction of sp³-hybridized carbons (Fsp3) is 0.174. The Morgan fingerprint density at radius 2 is 1.62 bits per heavy atom. The molecular weight excluding hydrogens is 400 g/mol. The lowest BCUT2D eigenvalue weighted by Crippen LogP contribution is -2.11. The predicted molar refractivity (Wildman–Crippen MR) is 119 cm³/mol. The maximum Gasteiger partial charge on any atom is 0.238 e. The summed E-state index contributed by atoms with van der Waals surface area (Å²) in [4.78, 5) is 7.59. The highest BCUT2D eigenvalue weighted by atomic mass is 32.2. The fourth-order valence-electron chi connectivity index (χ4n) is 4.07. The van der Waals surface area contributed by atoms with Crippen molar-refractivity contribution in [2.24, 2.45) is 5.14 Å². The van der Waals surface area contributed by atoms with E-state index in [-0.39, 0.29) is 4.90 Å². The molecule has 29 heavy (non-hydrogen) atoms. The molecule has 2 heterocycles. The van der Waals surface area contributed by atoms with Crippen molar-refractivity contribution in [3.8, 4) is 22.4 Å². The Labute approximate surface area is 174 Å². The van der Waals surface area contributed by atoms with Crippen molar-refractivity contribution in [3.63, 3.8) is 0 Å². The Morgan fingerprint density at radius 3 is 2.34 bits per heavy atom. The minimum absolute atomic E-state index is 0.109. The molecule has 1 aliphatic rings. The first-order chi connectivity index (χ1) is 14.0. The van der Waals surface area contributed by atoms with Gasteiger partial charge < -0.3 is 0 Å². The first-order valence-electron chi connectivity index (χ1n) is 9.65. The summed E-state index contributed by atoms with van der Waals surface area (Å²) in [6.45, 7) is 0. The number of nitrogens with two attached hydrogens (primary N) is 1. The van der Waals surface area contributed by atoms with E-state index in [1.54, 1.807) is 23.5 Å². The van der Waals surface area contributed by atoms with Crippen LogP contribution in [-0.2, 0) is 22.9 Å². The third-order valence-electron chi connectivity index (χ3n) is 5.49.